The number of hydrogen-bond acceptors (Lipinski definition) is 3. The number of nitrogens with zero attached hydrogens (tertiary/aromatic N) is 1. The van der Waals surface area contributed by atoms with Crippen molar-refractivity contribution < 1.29 is 4.79 Å². The van der Waals surface area contributed by atoms with E-state index in [1.54, 1.807) is 0 Å². The van der Waals surface area contributed by atoms with E-state index in [9.17, 15) is 4.79 Å². The lowest BCUT2D eigenvalue weighted by atomic mass is 9.96. The molecule has 2 heterocycles. The third kappa shape index (κ3) is 2.38. The van der Waals surface area contributed by atoms with Crippen molar-refractivity contribution >= 4 is 5.91 Å². The van der Waals surface area contributed by atoms with Crippen LogP contribution < -0.4 is 11.5 Å². The lowest BCUT2D eigenvalue weighted by Gasteiger charge is -2.38. The molecule has 0 spiro atoms. The number of rotatable bonds is 3. The van der Waals surface area contributed by atoms with E-state index in [1.165, 1.54) is 12.8 Å². The van der Waals surface area contributed by atoms with Crippen LogP contribution in [0.15, 0.2) is 24.3 Å². The highest BCUT2D eigenvalue weighted by atomic mass is 16.1. The van der Waals surface area contributed by atoms with E-state index in [-0.39, 0.29) is 5.91 Å². The fourth-order valence-electron chi connectivity index (χ4n) is 3.67. The van der Waals surface area contributed by atoms with Gasteiger partial charge in [0.1, 0.15) is 0 Å². The Balaban J connectivity index is 1.81. The van der Waals surface area contributed by atoms with Crippen molar-refractivity contribution in [2.75, 3.05) is 0 Å². The number of nitrogens with two attached hydrogens (primary N) is 2. The van der Waals surface area contributed by atoms with Gasteiger partial charge in [0.2, 0.25) is 5.91 Å². The van der Waals surface area contributed by atoms with Gasteiger partial charge in [-0.2, -0.15) is 0 Å². The molecule has 0 aliphatic carbocycles. The summed E-state index contributed by atoms with van der Waals surface area (Å²) in [4.78, 5) is 14.0. The average Bonchev–Trinajstić information content (AvgIpc) is 2.62. The minimum atomic E-state index is -0.336. The fraction of sp³-hybridized carbons (Fsp3) is 0.533. The van der Waals surface area contributed by atoms with Crippen molar-refractivity contribution in [1.82, 2.24) is 4.90 Å². The Bertz CT molecular complexity index is 474. The molecule has 0 saturated carbocycles. The molecule has 4 nitrogen and oxygen atoms in total. The maximum absolute atomic E-state index is 11.5. The number of primary amides is 1. The van der Waals surface area contributed by atoms with Crippen LogP contribution in [0, 0.1) is 0 Å². The number of hydrogen-bond donors (Lipinski definition) is 2. The summed E-state index contributed by atoms with van der Waals surface area (Å²) in [5.74, 6) is -0.336. The van der Waals surface area contributed by atoms with Crippen molar-refractivity contribution in [3.8, 4) is 0 Å². The first-order chi connectivity index (χ1) is 9.15. The molecule has 2 atom stereocenters. The number of piperidine rings is 1. The number of carbonyl (C=O) groups excluding carboxylic acids is 1. The lowest BCUT2D eigenvalue weighted by Crippen LogP contribution is -2.47. The van der Waals surface area contributed by atoms with Crippen LogP contribution in [0.5, 0.6) is 0 Å². The van der Waals surface area contributed by atoms with Gasteiger partial charge in [-0.1, -0.05) is 18.2 Å². The van der Waals surface area contributed by atoms with Crippen molar-refractivity contribution in [3.05, 3.63) is 35.4 Å². The van der Waals surface area contributed by atoms with E-state index in [0.717, 1.165) is 24.9 Å². The highest BCUT2D eigenvalue weighted by Gasteiger charge is 2.39. The maximum Gasteiger partial charge on any atom is 0.249 e. The molecule has 4 heteroatoms. The molecule has 19 heavy (non-hydrogen) atoms. The molecule has 2 fully saturated rings. The molecule has 4 N–H and O–H groups in total. The van der Waals surface area contributed by atoms with Crippen LogP contribution >= 0.6 is 0 Å². The zero-order valence-corrected chi connectivity index (χ0v) is 11.1. The zero-order chi connectivity index (χ0) is 13.4. The SMILES string of the molecule is NC(=O)c1ccccc1CN1C2CCC1CC(N)C2. The first-order valence-electron chi connectivity index (χ1n) is 7.04. The van der Waals surface area contributed by atoms with Gasteiger partial charge in [0.05, 0.1) is 0 Å². The van der Waals surface area contributed by atoms with Crippen LogP contribution in [-0.2, 0) is 6.54 Å². The average molecular weight is 259 g/mol. The van der Waals surface area contributed by atoms with Gasteiger partial charge < -0.3 is 11.5 Å². The summed E-state index contributed by atoms with van der Waals surface area (Å²) in [6.45, 7) is 0.821. The molecular weight excluding hydrogens is 238 g/mol. The summed E-state index contributed by atoms with van der Waals surface area (Å²) in [5, 5.41) is 0. The number of amides is 1. The quantitative estimate of drug-likeness (QED) is 0.858. The molecule has 3 rings (SSSR count). The van der Waals surface area contributed by atoms with Crippen LogP contribution in [0.2, 0.25) is 0 Å². The molecule has 2 aliphatic rings. The molecule has 2 saturated heterocycles. The van der Waals surface area contributed by atoms with Crippen molar-refractivity contribution in [3.63, 3.8) is 0 Å². The maximum atomic E-state index is 11.5. The molecule has 2 bridgehead atoms. The largest absolute Gasteiger partial charge is 0.366 e. The van der Waals surface area contributed by atoms with E-state index in [4.69, 9.17) is 11.5 Å². The second-order valence-electron chi connectivity index (χ2n) is 5.81. The third-order valence-corrected chi connectivity index (χ3v) is 4.56. The topological polar surface area (TPSA) is 72.4 Å². The summed E-state index contributed by atoms with van der Waals surface area (Å²) in [7, 11) is 0. The van der Waals surface area contributed by atoms with Gasteiger partial charge in [0, 0.05) is 30.2 Å². The van der Waals surface area contributed by atoms with E-state index < -0.39 is 0 Å². The molecule has 2 aliphatic heterocycles. The Hall–Kier alpha value is -1.39. The van der Waals surface area contributed by atoms with E-state index in [0.29, 0.717) is 23.7 Å². The lowest BCUT2D eigenvalue weighted by molar-refractivity contribution is 0.0989. The van der Waals surface area contributed by atoms with Gasteiger partial charge in [0.25, 0.3) is 0 Å². The van der Waals surface area contributed by atoms with Crippen LogP contribution in [0.1, 0.15) is 41.6 Å². The van der Waals surface area contributed by atoms with Gasteiger partial charge in [-0.15, -0.1) is 0 Å². The number of fused-ring (bicyclic) bond motifs is 2. The smallest absolute Gasteiger partial charge is 0.249 e. The predicted octanol–water partition coefficient (Wildman–Crippen LogP) is 1.24. The summed E-state index contributed by atoms with van der Waals surface area (Å²) < 4.78 is 0. The van der Waals surface area contributed by atoms with Crippen molar-refractivity contribution in [2.24, 2.45) is 11.5 Å². The van der Waals surface area contributed by atoms with E-state index >= 15 is 0 Å². The third-order valence-electron chi connectivity index (χ3n) is 4.56. The van der Waals surface area contributed by atoms with E-state index in [1.807, 2.05) is 24.3 Å². The van der Waals surface area contributed by atoms with Crippen molar-refractivity contribution in [1.29, 1.82) is 0 Å². The second-order valence-corrected chi connectivity index (χ2v) is 5.81. The summed E-state index contributed by atoms with van der Waals surface area (Å²) >= 11 is 0. The Morgan fingerprint density at radius 2 is 1.84 bits per heavy atom. The van der Waals surface area contributed by atoms with Crippen LogP contribution in [-0.4, -0.2) is 28.9 Å². The number of carbonyl (C=O) groups is 1. The van der Waals surface area contributed by atoms with Gasteiger partial charge in [-0.25, -0.2) is 0 Å². The van der Waals surface area contributed by atoms with Crippen molar-refractivity contribution in [2.45, 2.75) is 50.4 Å². The number of benzene rings is 1. The summed E-state index contributed by atoms with van der Waals surface area (Å²) in [6.07, 6.45) is 4.62. The molecule has 102 valence electrons. The van der Waals surface area contributed by atoms with Crippen LogP contribution in [0.25, 0.3) is 0 Å². The molecular formula is C15H21N3O. The van der Waals surface area contributed by atoms with Gasteiger partial charge in [-0.3, -0.25) is 9.69 Å². The standard InChI is InChI=1S/C15H21N3O/c16-11-7-12-5-6-13(8-11)18(12)9-10-3-1-2-4-14(10)15(17)19/h1-4,11-13H,5-9,16H2,(H2,17,19). The van der Waals surface area contributed by atoms with Gasteiger partial charge in [-0.05, 0) is 37.3 Å². The monoisotopic (exact) mass is 259 g/mol. The molecule has 1 aromatic carbocycles. The Kier molecular flexibility index (Phi) is 3.29. The van der Waals surface area contributed by atoms with E-state index in [2.05, 4.69) is 4.90 Å². The zero-order valence-electron chi connectivity index (χ0n) is 11.1. The van der Waals surface area contributed by atoms with Crippen LogP contribution in [0.3, 0.4) is 0 Å². The fourth-order valence-corrected chi connectivity index (χ4v) is 3.67. The first-order valence-corrected chi connectivity index (χ1v) is 7.04. The summed E-state index contributed by atoms with van der Waals surface area (Å²) in [5.41, 5.74) is 13.2. The van der Waals surface area contributed by atoms with Gasteiger partial charge in [0.15, 0.2) is 0 Å². The highest BCUT2D eigenvalue weighted by Crippen LogP contribution is 2.36. The van der Waals surface area contributed by atoms with Gasteiger partial charge >= 0.3 is 0 Å². The highest BCUT2D eigenvalue weighted by molar-refractivity contribution is 5.94. The molecule has 2 unspecified atom stereocenters. The normalized spacial score (nSPS) is 30.5. The molecule has 1 amide bonds. The Morgan fingerprint density at radius 3 is 2.47 bits per heavy atom. The molecule has 1 aromatic rings. The molecule has 0 aromatic heterocycles. The first kappa shape index (κ1) is 12.6. The Labute approximate surface area is 113 Å². The Morgan fingerprint density at radius 1 is 1.21 bits per heavy atom. The minimum Gasteiger partial charge on any atom is -0.366 e. The minimum absolute atomic E-state index is 0.336. The summed E-state index contributed by atoms with van der Waals surface area (Å²) in [6, 6.07) is 9.16. The van der Waals surface area contributed by atoms with Crippen LogP contribution in [0.4, 0.5) is 0 Å². The molecule has 0 radical (unpaired) electrons. The predicted molar refractivity (Wildman–Crippen MR) is 74.5 cm³/mol. The second kappa shape index (κ2) is 4.94.